The molecule has 1 saturated heterocycles. The van der Waals surface area contributed by atoms with E-state index >= 15 is 0 Å². The fourth-order valence-electron chi connectivity index (χ4n) is 3.70. The van der Waals surface area contributed by atoms with Gasteiger partial charge in [0.15, 0.2) is 0 Å². The molecule has 0 bridgehead atoms. The molecule has 1 aromatic rings. The molecular weight excluding hydrogens is 377 g/mol. The summed E-state index contributed by atoms with van der Waals surface area (Å²) in [6, 6.07) is 6.65. The van der Waals surface area contributed by atoms with Crippen LogP contribution in [0.5, 0.6) is 0 Å². The van der Waals surface area contributed by atoms with E-state index in [9.17, 15) is 9.18 Å². The summed E-state index contributed by atoms with van der Waals surface area (Å²) in [5, 5.41) is 0.310. The van der Waals surface area contributed by atoms with Gasteiger partial charge in [-0.1, -0.05) is 6.08 Å². The molecule has 3 aliphatic rings. The summed E-state index contributed by atoms with van der Waals surface area (Å²) in [6.07, 6.45) is 6.06. The second kappa shape index (κ2) is 8.28. The number of hydrogen-bond acceptors (Lipinski definition) is 5. The van der Waals surface area contributed by atoms with Crippen molar-refractivity contribution in [2.75, 3.05) is 44.2 Å². The van der Waals surface area contributed by atoms with Crippen LogP contribution in [0.25, 0.3) is 0 Å². The van der Waals surface area contributed by atoms with E-state index in [-0.39, 0.29) is 11.7 Å². The van der Waals surface area contributed by atoms with Crippen LogP contribution in [-0.4, -0.2) is 72.1 Å². The van der Waals surface area contributed by atoms with E-state index in [4.69, 9.17) is 12.2 Å². The Hall–Kier alpha value is -2.45. The maximum absolute atomic E-state index is 13.1. The number of allylic oxidation sites excluding steroid dienone is 1. The topological polar surface area (TPSA) is 51.5 Å². The molecule has 0 radical (unpaired) electrons. The average molecular weight is 399 g/mol. The van der Waals surface area contributed by atoms with Crippen LogP contribution in [0.3, 0.4) is 0 Å². The van der Waals surface area contributed by atoms with Crippen molar-refractivity contribution in [3.05, 3.63) is 42.2 Å². The standard InChI is InChI=1S/C20H22FN5OS/c21-15-4-6-16(7-5-15)25-13-11-24(12-14-25)9-2-10-26-19(27)17-3-1-8-22-18(17)23-20(26)28/h1,3-8,17H,2,9-14H2. The van der Waals surface area contributed by atoms with Gasteiger partial charge >= 0.3 is 0 Å². The quantitative estimate of drug-likeness (QED) is 0.712. The molecule has 6 nitrogen and oxygen atoms in total. The molecule has 1 unspecified atom stereocenters. The third-order valence-corrected chi connectivity index (χ3v) is 5.58. The summed E-state index contributed by atoms with van der Waals surface area (Å²) in [4.78, 5) is 27.4. The van der Waals surface area contributed by atoms with Crippen LogP contribution in [0.4, 0.5) is 10.1 Å². The first-order valence-corrected chi connectivity index (χ1v) is 9.90. The zero-order valence-electron chi connectivity index (χ0n) is 15.5. The first-order chi connectivity index (χ1) is 13.6. The van der Waals surface area contributed by atoms with Crippen LogP contribution < -0.4 is 4.90 Å². The molecule has 146 valence electrons. The number of nitrogens with zero attached hydrogens (tertiary/aromatic N) is 5. The molecule has 28 heavy (non-hydrogen) atoms. The number of piperazine rings is 1. The Morgan fingerprint density at radius 3 is 2.61 bits per heavy atom. The molecule has 3 aliphatic heterocycles. The molecule has 0 N–H and O–H groups in total. The maximum atomic E-state index is 13.1. The highest BCUT2D eigenvalue weighted by Gasteiger charge is 2.34. The van der Waals surface area contributed by atoms with Crippen LogP contribution >= 0.6 is 12.2 Å². The number of carbonyl (C=O) groups is 1. The zero-order chi connectivity index (χ0) is 19.5. The fourth-order valence-corrected chi connectivity index (χ4v) is 3.97. The number of halogens is 1. The van der Waals surface area contributed by atoms with Crippen LogP contribution in [-0.2, 0) is 4.79 Å². The van der Waals surface area contributed by atoms with E-state index in [1.54, 1.807) is 17.2 Å². The predicted octanol–water partition coefficient (Wildman–Crippen LogP) is 2.12. The van der Waals surface area contributed by atoms with Crippen molar-refractivity contribution in [2.45, 2.75) is 6.42 Å². The molecule has 1 atom stereocenters. The molecule has 0 aromatic heterocycles. The first kappa shape index (κ1) is 18.9. The maximum Gasteiger partial charge on any atom is 0.243 e. The lowest BCUT2D eigenvalue weighted by atomic mass is 10.0. The van der Waals surface area contributed by atoms with Crippen molar-refractivity contribution in [2.24, 2.45) is 15.9 Å². The molecule has 8 heteroatoms. The van der Waals surface area contributed by atoms with Crippen molar-refractivity contribution in [3.8, 4) is 0 Å². The smallest absolute Gasteiger partial charge is 0.243 e. The lowest BCUT2D eigenvalue weighted by molar-refractivity contribution is -0.128. The van der Waals surface area contributed by atoms with E-state index in [2.05, 4.69) is 19.8 Å². The molecule has 0 aliphatic carbocycles. The fraction of sp³-hybridized carbons (Fsp3) is 0.400. The van der Waals surface area contributed by atoms with Gasteiger partial charge in [0.05, 0.1) is 0 Å². The van der Waals surface area contributed by atoms with Gasteiger partial charge in [-0.2, -0.15) is 0 Å². The Balaban J connectivity index is 1.25. The number of amides is 1. The van der Waals surface area contributed by atoms with Crippen molar-refractivity contribution < 1.29 is 9.18 Å². The summed E-state index contributed by atoms with van der Waals surface area (Å²) < 4.78 is 13.1. The first-order valence-electron chi connectivity index (χ1n) is 9.49. The van der Waals surface area contributed by atoms with Crippen molar-refractivity contribution >= 4 is 41.0 Å². The minimum atomic E-state index is -0.407. The molecular formula is C20H22FN5OS. The number of aliphatic imine (C=N–C) groups is 2. The third-order valence-electron chi connectivity index (χ3n) is 5.27. The number of amidine groups is 1. The van der Waals surface area contributed by atoms with E-state index in [1.165, 1.54) is 12.1 Å². The molecule has 0 saturated carbocycles. The second-order valence-corrected chi connectivity index (χ2v) is 7.41. The van der Waals surface area contributed by atoms with Gasteiger partial charge < -0.3 is 4.90 Å². The van der Waals surface area contributed by atoms with Crippen LogP contribution in [0.2, 0.25) is 0 Å². The van der Waals surface area contributed by atoms with E-state index < -0.39 is 5.92 Å². The van der Waals surface area contributed by atoms with Gasteiger partial charge in [0.25, 0.3) is 0 Å². The Morgan fingerprint density at radius 1 is 1.11 bits per heavy atom. The summed E-state index contributed by atoms with van der Waals surface area (Å²) >= 11 is 5.29. The highest BCUT2D eigenvalue weighted by atomic mass is 32.1. The van der Waals surface area contributed by atoms with Crippen molar-refractivity contribution in [1.82, 2.24) is 9.80 Å². The summed E-state index contributed by atoms with van der Waals surface area (Å²) in [5.74, 6) is -0.162. The number of anilines is 1. The van der Waals surface area contributed by atoms with Gasteiger partial charge in [0.2, 0.25) is 11.0 Å². The number of rotatable bonds is 5. The van der Waals surface area contributed by atoms with Gasteiger partial charge in [-0.3, -0.25) is 14.6 Å². The SMILES string of the molecule is O=C1C2C=CC=NC2=NC(=S)N1CCCN1CCN(c2ccc(F)cc2)CC1. The summed E-state index contributed by atoms with van der Waals surface area (Å²) in [6.45, 7) is 5.17. The average Bonchev–Trinajstić information content (AvgIpc) is 2.71. The Bertz CT molecular complexity index is 843. The van der Waals surface area contributed by atoms with E-state index in [0.29, 0.717) is 17.5 Å². The van der Waals surface area contributed by atoms with Gasteiger partial charge in [0.1, 0.15) is 17.6 Å². The van der Waals surface area contributed by atoms with E-state index in [1.807, 2.05) is 18.2 Å². The minimum absolute atomic E-state index is 0.0378. The van der Waals surface area contributed by atoms with E-state index in [0.717, 1.165) is 44.8 Å². The largest absolute Gasteiger partial charge is 0.369 e. The molecule has 3 heterocycles. The number of fused-ring (bicyclic) bond motifs is 1. The number of dihydropyridines is 1. The molecule has 1 fully saturated rings. The number of benzene rings is 1. The highest BCUT2D eigenvalue weighted by molar-refractivity contribution is 7.80. The van der Waals surface area contributed by atoms with Crippen LogP contribution in [0.15, 0.2) is 46.4 Å². The monoisotopic (exact) mass is 399 g/mol. The zero-order valence-corrected chi connectivity index (χ0v) is 16.3. The lowest BCUT2D eigenvalue weighted by Gasteiger charge is -2.36. The van der Waals surface area contributed by atoms with Gasteiger partial charge in [-0.15, -0.1) is 0 Å². The molecule has 1 aromatic carbocycles. The van der Waals surface area contributed by atoms with Gasteiger partial charge in [-0.25, -0.2) is 14.4 Å². The second-order valence-electron chi connectivity index (χ2n) is 7.04. The van der Waals surface area contributed by atoms with Crippen LogP contribution in [0.1, 0.15) is 6.42 Å². The number of thiocarbonyl (C=S) groups is 1. The summed E-state index contributed by atoms with van der Waals surface area (Å²) in [5.41, 5.74) is 1.06. The van der Waals surface area contributed by atoms with Gasteiger partial charge in [0, 0.05) is 44.6 Å². The van der Waals surface area contributed by atoms with Crippen LogP contribution in [0, 0.1) is 11.7 Å². The Labute approximate surface area is 169 Å². The molecule has 4 rings (SSSR count). The minimum Gasteiger partial charge on any atom is -0.369 e. The van der Waals surface area contributed by atoms with Crippen molar-refractivity contribution in [1.29, 1.82) is 0 Å². The summed E-state index contributed by atoms with van der Waals surface area (Å²) in [7, 11) is 0. The Morgan fingerprint density at radius 2 is 1.86 bits per heavy atom. The lowest BCUT2D eigenvalue weighted by Crippen LogP contribution is -2.49. The number of hydrogen-bond donors (Lipinski definition) is 0. The molecule has 0 spiro atoms. The molecule has 1 amide bonds. The van der Waals surface area contributed by atoms with Crippen molar-refractivity contribution in [3.63, 3.8) is 0 Å². The number of carbonyl (C=O) groups excluding carboxylic acids is 1. The van der Waals surface area contributed by atoms with Gasteiger partial charge in [-0.05, 0) is 55.5 Å². The Kier molecular flexibility index (Phi) is 5.59. The predicted molar refractivity (Wildman–Crippen MR) is 113 cm³/mol. The third kappa shape index (κ3) is 4.02. The highest BCUT2D eigenvalue weighted by Crippen LogP contribution is 2.20. The normalized spacial score (nSPS) is 22.5.